The first-order chi connectivity index (χ1) is 8.92. The van der Waals surface area contributed by atoms with Crippen LogP contribution in [0.4, 0.5) is 18.9 Å². The van der Waals surface area contributed by atoms with Crippen molar-refractivity contribution in [2.45, 2.75) is 12.6 Å². The summed E-state index contributed by atoms with van der Waals surface area (Å²) in [5.74, 6) is 0. The molecule has 0 amide bonds. The molecule has 104 valence electrons. The molecule has 1 rings (SSSR count). The highest BCUT2D eigenvalue weighted by molar-refractivity contribution is 9.10. The summed E-state index contributed by atoms with van der Waals surface area (Å²) in [7, 11) is 0. The molecule has 0 bridgehead atoms. The number of nitrogens with one attached hydrogen (secondary N) is 1. The molecule has 7 heteroatoms. The van der Waals surface area contributed by atoms with Gasteiger partial charge in [0.15, 0.2) is 0 Å². The number of ether oxygens (including phenoxy) is 1. The minimum Gasteiger partial charge on any atom is -0.384 e. The molecule has 0 heterocycles. The number of anilines is 1. The molecule has 0 unspecified atom stereocenters. The molecule has 0 fully saturated rings. The van der Waals surface area contributed by atoms with Crippen LogP contribution in [-0.4, -0.2) is 25.9 Å². The quantitative estimate of drug-likeness (QED) is 0.805. The third kappa shape index (κ3) is 6.45. The van der Waals surface area contributed by atoms with Crippen molar-refractivity contribution in [3.05, 3.63) is 28.2 Å². The molecule has 1 aromatic rings. The summed E-state index contributed by atoms with van der Waals surface area (Å²) in [6.45, 7) is -0.684. The molecule has 0 aliphatic carbocycles. The Kier molecular flexibility index (Phi) is 6.12. The van der Waals surface area contributed by atoms with Crippen LogP contribution in [0.3, 0.4) is 0 Å². The maximum atomic E-state index is 11.8. The lowest BCUT2D eigenvalue weighted by atomic mass is 10.2. The van der Waals surface area contributed by atoms with E-state index >= 15 is 0 Å². The number of hydrogen-bond acceptors (Lipinski definition) is 3. The Labute approximate surface area is 117 Å². The standard InChI is InChI=1S/C12H12BrF3N2O/c13-10-6-9(7-17)2-3-11(10)18-4-1-5-19-8-12(14,15)16/h2-3,6,18H,1,4-5,8H2. The van der Waals surface area contributed by atoms with Crippen molar-refractivity contribution in [1.29, 1.82) is 5.26 Å². The monoisotopic (exact) mass is 336 g/mol. The van der Waals surface area contributed by atoms with Crippen LogP contribution < -0.4 is 5.32 Å². The zero-order chi connectivity index (χ0) is 14.3. The van der Waals surface area contributed by atoms with E-state index in [1.807, 2.05) is 6.07 Å². The zero-order valence-corrected chi connectivity index (χ0v) is 11.5. The van der Waals surface area contributed by atoms with Crippen LogP contribution in [0.1, 0.15) is 12.0 Å². The maximum Gasteiger partial charge on any atom is 0.411 e. The van der Waals surface area contributed by atoms with Gasteiger partial charge in [-0.25, -0.2) is 0 Å². The van der Waals surface area contributed by atoms with Gasteiger partial charge in [-0.2, -0.15) is 18.4 Å². The van der Waals surface area contributed by atoms with Gasteiger partial charge in [0.25, 0.3) is 0 Å². The number of nitrogens with zero attached hydrogens (tertiary/aromatic N) is 1. The van der Waals surface area contributed by atoms with Crippen LogP contribution >= 0.6 is 15.9 Å². The highest BCUT2D eigenvalue weighted by Gasteiger charge is 2.27. The van der Waals surface area contributed by atoms with Gasteiger partial charge >= 0.3 is 6.18 Å². The fraction of sp³-hybridized carbons (Fsp3) is 0.417. The van der Waals surface area contributed by atoms with Crippen molar-refractivity contribution in [2.24, 2.45) is 0 Å². The molecule has 0 spiro atoms. The first-order valence-corrected chi connectivity index (χ1v) is 6.30. The molecular formula is C12H12BrF3N2O. The number of alkyl halides is 3. The van der Waals surface area contributed by atoms with Crippen molar-refractivity contribution in [1.82, 2.24) is 0 Å². The Morgan fingerprint density at radius 2 is 2.11 bits per heavy atom. The minimum absolute atomic E-state index is 0.0421. The fourth-order valence-electron chi connectivity index (χ4n) is 1.31. The van der Waals surface area contributed by atoms with Gasteiger partial charge in [-0.1, -0.05) is 0 Å². The van der Waals surface area contributed by atoms with Gasteiger partial charge in [0.05, 0.1) is 11.6 Å². The van der Waals surface area contributed by atoms with Crippen molar-refractivity contribution in [3.8, 4) is 6.07 Å². The van der Waals surface area contributed by atoms with Gasteiger partial charge in [-0.3, -0.25) is 0 Å². The summed E-state index contributed by atoms with van der Waals surface area (Å²) in [6, 6.07) is 7.07. The second-order valence-corrected chi connectivity index (χ2v) is 4.61. The van der Waals surface area contributed by atoms with E-state index in [2.05, 4.69) is 26.0 Å². The lowest BCUT2D eigenvalue weighted by Crippen LogP contribution is -2.18. The molecular weight excluding hydrogens is 325 g/mol. The average Bonchev–Trinajstić information content (AvgIpc) is 2.33. The summed E-state index contributed by atoms with van der Waals surface area (Å²) in [6.07, 6.45) is -3.81. The lowest BCUT2D eigenvalue weighted by Gasteiger charge is -2.10. The molecule has 1 N–H and O–H groups in total. The van der Waals surface area contributed by atoms with Crippen LogP contribution in [0.15, 0.2) is 22.7 Å². The van der Waals surface area contributed by atoms with Crippen LogP contribution in [0.5, 0.6) is 0 Å². The molecule has 0 aromatic heterocycles. The fourth-order valence-corrected chi connectivity index (χ4v) is 1.83. The van der Waals surface area contributed by atoms with Gasteiger partial charge < -0.3 is 10.1 Å². The largest absolute Gasteiger partial charge is 0.411 e. The number of rotatable bonds is 6. The molecule has 19 heavy (non-hydrogen) atoms. The summed E-state index contributed by atoms with van der Waals surface area (Å²) in [5, 5.41) is 11.7. The van der Waals surface area contributed by atoms with E-state index in [0.29, 0.717) is 18.5 Å². The first kappa shape index (κ1) is 15.8. The number of nitriles is 1. The van der Waals surface area contributed by atoms with Crippen molar-refractivity contribution in [3.63, 3.8) is 0 Å². The van der Waals surface area contributed by atoms with Crippen LogP contribution in [0, 0.1) is 11.3 Å². The third-order valence-electron chi connectivity index (χ3n) is 2.14. The van der Waals surface area contributed by atoms with Crippen molar-refractivity contribution < 1.29 is 17.9 Å². The number of hydrogen-bond donors (Lipinski definition) is 1. The minimum atomic E-state index is -4.27. The van der Waals surface area contributed by atoms with E-state index in [-0.39, 0.29) is 6.61 Å². The van der Waals surface area contributed by atoms with Crippen LogP contribution in [0.2, 0.25) is 0 Å². The SMILES string of the molecule is N#Cc1ccc(NCCCOCC(F)(F)F)c(Br)c1. The lowest BCUT2D eigenvalue weighted by molar-refractivity contribution is -0.173. The normalized spacial score (nSPS) is 11.1. The highest BCUT2D eigenvalue weighted by Crippen LogP contribution is 2.23. The smallest absolute Gasteiger partial charge is 0.384 e. The average molecular weight is 337 g/mol. The van der Waals surface area contributed by atoms with Crippen LogP contribution in [0.25, 0.3) is 0 Å². The highest BCUT2D eigenvalue weighted by atomic mass is 79.9. The van der Waals surface area contributed by atoms with E-state index in [0.717, 1.165) is 10.2 Å². The van der Waals surface area contributed by atoms with Gasteiger partial charge in [0.1, 0.15) is 6.61 Å². The third-order valence-corrected chi connectivity index (χ3v) is 2.80. The molecule has 0 atom stereocenters. The Bertz CT molecular complexity index is 457. The zero-order valence-electron chi connectivity index (χ0n) is 9.93. The summed E-state index contributed by atoms with van der Waals surface area (Å²) >= 11 is 3.30. The Morgan fingerprint density at radius 3 is 2.68 bits per heavy atom. The first-order valence-electron chi connectivity index (χ1n) is 5.50. The Morgan fingerprint density at radius 1 is 1.37 bits per heavy atom. The van der Waals surface area contributed by atoms with Gasteiger partial charge in [-0.05, 0) is 40.5 Å². The number of halogens is 4. The van der Waals surface area contributed by atoms with Gasteiger partial charge in [0, 0.05) is 23.3 Å². The molecule has 0 saturated heterocycles. The van der Waals surface area contributed by atoms with Gasteiger partial charge in [-0.15, -0.1) is 0 Å². The van der Waals surface area contributed by atoms with Crippen molar-refractivity contribution in [2.75, 3.05) is 25.1 Å². The second-order valence-electron chi connectivity index (χ2n) is 3.75. The molecule has 0 aliphatic heterocycles. The van der Waals surface area contributed by atoms with Gasteiger partial charge in [0.2, 0.25) is 0 Å². The predicted molar refractivity (Wildman–Crippen MR) is 68.8 cm³/mol. The van der Waals surface area contributed by atoms with E-state index < -0.39 is 12.8 Å². The Balaban J connectivity index is 2.25. The van der Waals surface area contributed by atoms with Crippen molar-refractivity contribution >= 4 is 21.6 Å². The summed E-state index contributed by atoms with van der Waals surface area (Å²) < 4.78 is 40.6. The summed E-state index contributed by atoms with van der Waals surface area (Å²) in [5.41, 5.74) is 1.32. The predicted octanol–water partition coefficient (Wildman–Crippen LogP) is 3.70. The second kappa shape index (κ2) is 7.36. The molecule has 1 aromatic carbocycles. The van der Waals surface area contributed by atoms with E-state index in [4.69, 9.17) is 5.26 Å². The molecule has 0 saturated carbocycles. The topological polar surface area (TPSA) is 45.0 Å². The maximum absolute atomic E-state index is 11.8. The molecule has 0 aliphatic rings. The molecule has 3 nitrogen and oxygen atoms in total. The Hall–Kier alpha value is -1.26. The summed E-state index contributed by atoms with van der Waals surface area (Å²) in [4.78, 5) is 0. The number of benzene rings is 1. The van der Waals surface area contributed by atoms with Crippen LogP contribution in [-0.2, 0) is 4.74 Å². The van der Waals surface area contributed by atoms with E-state index in [9.17, 15) is 13.2 Å². The van der Waals surface area contributed by atoms with E-state index in [1.165, 1.54) is 0 Å². The van der Waals surface area contributed by atoms with E-state index in [1.54, 1.807) is 18.2 Å². The molecule has 0 radical (unpaired) electrons.